The van der Waals surface area contributed by atoms with E-state index in [-0.39, 0.29) is 5.54 Å². The van der Waals surface area contributed by atoms with Crippen molar-refractivity contribution in [3.8, 4) is 5.75 Å². The second-order valence-corrected chi connectivity index (χ2v) is 6.28. The van der Waals surface area contributed by atoms with E-state index in [1.165, 1.54) is 0 Å². The van der Waals surface area contributed by atoms with Gasteiger partial charge >= 0.3 is 0 Å². The molecule has 1 aromatic carbocycles. The Morgan fingerprint density at radius 1 is 1.30 bits per heavy atom. The number of rotatable bonds is 5. The third kappa shape index (κ3) is 4.12. The topological polar surface area (TPSA) is 41.7 Å². The summed E-state index contributed by atoms with van der Waals surface area (Å²) in [6.45, 7) is 9.88. The van der Waals surface area contributed by atoms with E-state index < -0.39 is 0 Å². The van der Waals surface area contributed by atoms with Crippen molar-refractivity contribution in [1.82, 2.24) is 9.80 Å². The zero-order chi connectivity index (χ0) is 14.6. The number of nitrogens with two attached hydrogens (primary N) is 1. The molecule has 1 aliphatic rings. The number of likely N-dealkylation sites (N-methyl/N-ethyl adjacent to an activating group) is 1. The van der Waals surface area contributed by atoms with Crippen LogP contribution in [0, 0.1) is 0 Å². The molecule has 1 fully saturated rings. The fraction of sp³-hybridized carbons (Fsp3) is 0.625. The van der Waals surface area contributed by atoms with E-state index in [0.29, 0.717) is 0 Å². The Kier molecular flexibility index (Phi) is 4.89. The monoisotopic (exact) mass is 277 g/mol. The maximum atomic E-state index is 5.73. The molecule has 0 amide bonds. The normalized spacial score (nSPS) is 19.9. The molecule has 112 valence electrons. The number of ether oxygens (including phenoxy) is 1. The molecule has 0 aromatic heterocycles. The molecule has 0 radical (unpaired) electrons. The first-order valence-corrected chi connectivity index (χ1v) is 7.39. The van der Waals surface area contributed by atoms with Crippen LogP contribution in [-0.2, 0) is 0 Å². The molecule has 2 N–H and O–H groups in total. The zero-order valence-electron chi connectivity index (χ0n) is 12.9. The van der Waals surface area contributed by atoms with E-state index >= 15 is 0 Å². The molecule has 0 spiro atoms. The van der Waals surface area contributed by atoms with Gasteiger partial charge in [-0.05, 0) is 39.4 Å². The van der Waals surface area contributed by atoms with E-state index in [1.54, 1.807) is 0 Å². The van der Waals surface area contributed by atoms with Gasteiger partial charge in [0.05, 0.1) is 6.61 Å². The van der Waals surface area contributed by atoms with Gasteiger partial charge < -0.3 is 15.4 Å². The van der Waals surface area contributed by atoms with Crippen LogP contribution in [-0.4, -0.2) is 55.2 Å². The summed E-state index contributed by atoms with van der Waals surface area (Å²) in [6, 6.07) is 7.63. The van der Waals surface area contributed by atoms with Gasteiger partial charge in [-0.1, -0.05) is 6.07 Å². The van der Waals surface area contributed by atoms with Crippen molar-refractivity contribution in [3.05, 3.63) is 24.3 Å². The molecule has 20 heavy (non-hydrogen) atoms. The fourth-order valence-corrected chi connectivity index (χ4v) is 2.61. The summed E-state index contributed by atoms with van der Waals surface area (Å²) in [7, 11) is 2.21. The smallest absolute Gasteiger partial charge is 0.121 e. The van der Waals surface area contributed by atoms with Gasteiger partial charge in [0.1, 0.15) is 5.75 Å². The Morgan fingerprint density at radius 3 is 2.80 bits per heavy atom. The summed E-state index contributed by atoms with van der Waals surface area (Å²) < 4.78 is 5.73. The van der Waals surface area contributed by atoms with Crippen LogP contribution in [0.1, 0.15) is 20.3 Å². The second kappa shape index (κ2) is 6.46. The molecule has 1 aliphatic heterocycles. The van der Waals surface area contributed by atoms with Crippen LogP contribution < -0.4 is 10.5 Å². The molecule has 1 aromatic rings. The lowest BCUT2D eigenvalue weighted by molar-refractivity contribution is 0.0377. The van der Waals surface area contributed by atoms with Crippen molar-refractivity contribution in [3.63, 3.8) is 0 Å². The lowest BCUT2D eigenvalue weighted by Crippen LogP contribution is -2.57. The highest BCUT2D eigenvalue weighted by atomic mass is 16.5. The third-order valence-corrected chi connectivity index (χ3v) is 4.14. The number of piperazine rings is 1. The minimum atomic E-state index is 0.271. The fourth-order valence-electron chi connectivity index (χ4n) is 2.61. The Bertz CT molecular complexity index is 433. The van der Waals surface area contributed by atoms with Crippen molar-refractivity contribution >= 4 is 5.69 Å². The number of hydrogen-bond donors (Lipinski definition) is 1. The molecule has 0 atom stereocenters. The summed E-state index contributed by atoms with van der Waals surface area (Å²) >= 11 is 0. The minimum absolute atomic E-state index is 0.271. The van der Waals surface area contributed by atoms with Gasteiger partial charge in [0.15, 0.2) is 0 Å². The van der Waals surface area contributed by atoms with Crippen LogP contribution >= 0.6 is 0 Å². The van der Waals surface area contributed by atoms with Gasteiger partial charge in [-0.2, -0.15) is 0 Å². The lowest BCUT2D eigenvalue weighted by atomic mass is 10.00. The van der Waals surface area contributed by atoms with Crippen molar-refractivity contribution in [1.29, 1.82) is 0 Å². The first-order chi connectivity index (χ1) is 9.47. The average Bonchev–Trinajstić information content (AvgIpc) is 2.39. The summed E-state index contributed by atoms with van der Waals surface area (Å²) in [6.07, 6.45) is 1.05. The van der Waals surface area contributed by atoms with Gasteiger partial charge in [0.25, 0.3) is 0 Å². The van der Waals surface area contributed by atoms with E-state index in [9.17, 15) is 0 Å². The Hall–Kier alpha value is -1.26. The number of anilines is 1. The van der Waals surface area contributed by atoms with Crippen LogP contribution in [0.25, 0.3) is 0 Å². The van der Waals surface area contributed by atoms with Crippen molar-refractivity contribution in [2.75, 3.05) is 45.6 Å². The number of benzene rings is 1. The molecule has 1 saturated heterocycles. The van der Waals surface area contributed by atoms with Crippen molar-refractivity contribution in [2.24, 2.45) is 0 Å². The Morgan fingerprint density at radius 2 is 2.10 bits per heavy atom. The van der Waals surface area contributed by atoms with E-state index in [2.05, 4.69) is 30.7 Å². The minimum Gasteiger partial charge on any atom is -0.493 e. The van der Waals surface area contributed by atoms with Crippen LogP contribution in [0.5, 0.6) is 5.75 Å². The van der Waals surface area contributed by atoms with Crippen LogP contribution in [0.4, 0.5) is 5.69 Å². The predicted molar refractivity (Wildman–Crippen MR) is 84.1 cm³/mol. The highest BCUT2D eigenvalue weighted by Crippen LogP contribution is 2.19. The SMILES string of the molecule is CN1CCN(CCCOc2cccc(N)c2)CC1(C)C. The Labute approximate surface area is 122 Å². The molecule has 4 heteroatoms. The highest BCUT2D eigenvalue weighted by molar-refractivity contribution is 5.43. The van der Waals surface area contributed by atoms with Gasteiger partial charge in [0.2, 0.25) is 0 Å². The predicted octanol–water partition coefficient (Wildman–Crippen LogP) is 2.06. The highest BCUT2D eigenvalue weighted by Gasteiger charge is 2.30. The number of nitrogen functional groups attached to an aromatic ring is 1. The first-order valence-electron chi connectivity index (χ1n) is 7.39. The maximum absolute atomic E-state index is 5.73. The van der Waals surface area contributed by atoms with Gasteiger partial charge in [-0.3, -0.25) is 4.90 Å². The number of hydrogen-bond acceptors (Lipinski definition) is 4. The second-order valence-electron chi connectivity index (χ2n) is 6.28. The summed E-state index contributed by atoms with van der Waals surface area (Å²) in [5.74, 6) is 0.865. The molecule has 0 bridgehead atoms. The number of nitrogens with zero attached hydrogens (tertiary/aromatic N) is 2. The third-order valence-electron chi connectivity index (χ3n) is 4.14. The molecule has 4 nitrogen and oxygen atoms in total. The average molecular weight is 277 g/mol. The van der Waals surface area contributed by atoms with Crippen LogP contribution in [0.2, 0.25) is 0 Å². The maximum Gasteiger partial charge on any atom is 0.121 e. The molecular weight excluding hydrogens is 250 g/mol. The zero-order valence-corrected chi connectivity index (χ0v) is 12.9. The van der Waals surface area contributed by atoms with E-state index in [0.717, 1.165) is 50.6 Å². The van der Waals surface area contributed by atoms with Crippen LogP contribution in [0.3, 0.4) is 0 Å². The van der Waals surface area contributed by atoms with Gasteiger partial charge in [-0.15, -0.1) is 0 Å². The molecule has 0 unspecified atom stereocenters. The van der Waals surface area contributed by atoms with E-state index in [1.807, 2.05) is 24.3 Å². The van der Waals surface area contributed by atoms with Gasteiger partial charge in [-0.25, -0.2) is 0 Å². The van der Waals surface area contributed by atoms with E-state index in [4.69, 9.17) is 10.5 Å². The molecule has 0 saturated carbocycles. The first kappa shape index (κ1) is 15.1. The molecule has 2 rings (SSSR count). The molecule has 1 heterocycles. The summed E-state index contributed by atoms with van der Waals surface area (Å²) in [4.78, 5) is 4.97. The largest absolute Gasteiger partial charge is 0.493 e. The van der Waals surface area contributed by atoms with Crippen molar-refractivity contribution < 1.29 is 4.74 Å². The lowest BCUT2D eigenvalue weighted by Gasteiger charge is -2.45. The summed E-state index contributed by atoms with van der Waals surface area (Å²) in [5.41, 5.74) is 6.75. The van der Waals surface area contributed by atoms with Crippen LogP contribution in [0.15, 0.2) is 24.3 Å². The quantitative estimate of drug-likeness (QED) is 0.661. The molecule has 0 aliphatic carbocycles. The van der Waals surface area contributed by atoms with Crippen molar-refractivity contribution in [2.45, 2.75) is 25.8 Å². The Balaban J connectivity index is 1.69. The summed E-state index contributed by atoms with van der Waals surface area (Å²) in [5, 5.41) is 0. The molecular formula is C16H27N3O. The standard InChI is InChI=1S/C16H27N3O/c1-16(2)13-19(10-9-18(16)3)8-5-11-20-15-7-4-6-14(17)12-15/h4,6-7,12H,5,8-11,13,17H2,1-3H3. The van der Waals surface area contributed by atoms with Gasteiger partial charge in [0, 0.05) is 43.5 Å².